The zero-order chi connectivity index (χ0) is 13.8. The summed E-state index contributed by atoms with van der Waals surface area (Å²) in [6.07, 6.45) is 7.18. The first-order valence-electron chi connectivity index (χ1n) is 6.80. The summed E-state index contributed by atoms with van der Waals surface area (Å²) < 4.78 is 1.68. The van der Waals surface area contributed by atoms with Gasteiger partial charge in [-0.05, 0) is 37.6 Å². The van der Waals surface area contributed by atoms with E-state index in [2.05, 4.69) is 20.7 Å². The number of hydrogen-bond acceptors (Lipinski definition) is 4. The Morgan fingerprint density at radius 1 is 1.45 bits per heavy atom. The van der Waals surface area contributed by atoms with Crippen molar-refractivity contribution in [3.8, 4) is 5.82 Å². The molecule has 1 unspecified atom stereocenters. The van der Waals surface area contributed by atoms with Gasteiger partial charge in [-0.1, -0.05) is 0 Å². The van der Waals surface area contributed by atoms with Crippen LogP contribution in [0.5, 0.6) is 0 Å². The Kier molecular flexibility index (Phi) is 3.73. The van der Waals surface area contributed by atoms with Crippen LogP contribution in [0.2, 0.25) is 0 Å². The molecule has 6 heteroatoms. The van der Waals surface area contributed by atoms with Gasteiger partial charge in [-0.3, -0.25) is 4.79 Å². The fraction of sp³-hybridized carbons (Fsp3) is 0.357. The van der Waals surface area contributed by atoms with E-state index < -0.39 is 0 Å². The van der Waals surface area contributed by atoms with Crippen molar-refractivity contribution in [3.05, 3.63) is 36.8 Å². The normalized spacial score (nSPS) is 18.7. The number of aromatic nitrogens is 3. The smallest absolute Gasteiger partial charge is 0.228 e. The lowest BCUT2D eigenvalue weighted by Gasteiger charge is -2.21. The van der Waals surface area contributed by atoms with Gasteiger partial charge in [0, 0.05) is 18.9 Å². The molecule has 1 amide bonds. The quantitative estimate of drug-likeness (QED) is 0.880. The van der Waals surface area contributed by atoms with Crippen LogP contribution in [0.1, 0.15) is 12.8 Å². The molecule has 2 aromatic heterocycles. The van der Waals surface area contributed by atoms with Gasteiger partial charge in [0.2, 0.25) is 5.91 Å². The molecule has 0 saturated carbocycles. The van der Waals surface area contributed by atoms with Gasteiger partial charge in [-0.2, -0.15) is 5.10 Å². The second-order valence-electron chi connectivity index (χ2n) is 4.89. The van der Waals surface area contributed by atoms with Crippen molar-refractivity contribution >= 4 is 11.6 Å². The average Bonchev–Trinajstić information content (AvgIpc) is 3.03. The SMILES string of the molecule is O=C(Nc1ccc(-n2cccn2)nc1)C1CCCNC1. The third kappa shape index (κ3) is 2.85. The van der Waals surface area contributed by atoms with Gasteiger partial charge < -0.3 is 10.6 Å². The highest BCUT2D eigenvalue weighted by Gasteiger charge is 2.20. The van der Waals surface area contributed by atoms with E-state index in [1.54, 1.807) is 17.1 Å². The van der Waals surface area contributed by atoms with Gasteiger partial charge in [-0.25, -0.2) is 9.67 Å². The van der Waals surface area contributed by atoms with Crippen LogP contribution < -0.4 is 10.6 Å². The van der Waals surface area contributed by atoms with Crippen LogP contribution in [0, 0.1) is 5.92 Å². The fourth-order valence-electron chi connectivity index (χ4n) is 2.32. The highest BCUT2D eigenvalue weighted by atomic mass is 16.1. The van der Waals surface area contributed by atoms with Crippen LogP contribution in [-0.4, -0.2) is 33.8 Å². The first-order valence-corrected chi connectivity index (χ1v) is 6.80. The molecule has 2 N–H and O–H groups in total. The molecule has 3 heterocycles. The summed E-state index contributed by atoms with van der Waals surface area (Å²) in [7, 11) is 0. The zero-order valence-electron chi connectivity index (χ0n) is 11.1. The number of carbonyl (C=O) groups is 1. The van der Waals surface area contributed by atoms with Crippen molar-refractivity contribution in [1.82, 2.24) is 20.1 Å². The maximum atomic E-state index is 12.1. The third-order valence-electron chi connectivity index (χ3n) is 3.42. The number of amides is 1. The monoisotopic (exact) mass is 271 g/mol. The summed E-state index contributed by atoms with van der Waals surface area (Å²) in [6, 6.07) is 5.52. The maximum absolute atomic E-state index is 12.1. The molecule has 2 aromatic rings. The lowest BCUT2D eigenvalue weighted by atomic mass is 9.99. The van der Waals surface area contributed by atoms with E-state index in [0.717, 1.165) is 37.4 Å². The largest absolute Gasteiger partial charge is 0.324 e. The topological polar surface area (TPSA) is 71.8 Å². The van der Waals surface area contributed by atoms with Crippen molar-refractivity contribution in [1.29, 1.82) is 0 Å². The van der Waals surface area contributed by atoms with Crippen molar-refractivity contribution in [3.63, 3.8) is 0 Å². The summed E-state index contributed by atoms with van der Waals surface area (Å²) >= 11 is 0. The second-order valence-corrected chi connectivity index (χ2v) is 4.89. The van der Waals surface area contributed by atoms with Crippen LogP contribution in [0.15, 0.2) is 36.8 Å². The molecule has 1 fully saturated rings. The molecule has 1 saturated heterocycles. The van der Waals surface area contributed by atoms with Gasteiger partial charge in [0.15, 0.2) is 5.82 Å². The van der Waals surface area contributed by atoms with Crippen LogP contribution in [0.4, 0.5) is 5.69 Å². The third-order valence-corrected chi connectivity index (χ3v) is 3.42. The van der Waals surface area contributed by atoms with Gasteiger partial charge in [-0.15, -0.1) is 0 Å². The Bertz CT molecular complexity index is 558. The molecule has 1 aliphatic rings. The predicted octanol–water partition coefficient (Wildman–Crippen LogP) is 1.21. The standard InChI is InChI=1S/C14H17N5O/c20-14(11-3-1-6-15-9-11)18-12-4-5-13(16-10-12)19-8-2-7-17-19/h2,4-5,7-8,10-11,15H,1,3,6,9H2,(H,18,20). The van der Waals surface area contributed by atoms with E-state index in [9.17, 15) is 4.79 Å². The Balaban J connectivity index is 1.64. The Labute approximate surface area is 117 Å². The van der Waals surface area contributed by atoms with E-state index in [4.69, 9.17) is 0 Å². The van der Waals surface area contributed by atoms with E-state index in [0.29, 0.717) is 0 Å². The molecule has 1 aliphatic heterocycles. The van der Waals surface area contributed by atoms with E-state index in [1.807, 2.05) is 24.4 Å². The number of nitrogens with zero attached hydrogens (tertiary/aromatic N) is 3. The number of hydrogen-bond donors (Lipinski definition) is 2. The number of pyridine rings is 1. The molecule has 0 bridgehead atoms. The Hall–Kier alpha value is -2.21. The molecular formula is C14H17N5O. The number of nitrogens with one attached hydrogen (secondary N) is 2. The second kappa shape index (κ2) is 5.83. The molecule has 0 radical (unpaired) electrons. The summed E-state index contributed by atoms with van der Waals surface area (Å²) in [4.78, 5) is 16.4. The first-order chi connectivity index (χ1) is 9.83. The van der Waals surface area contributed by atoms with E-state index >= 15 is 0 Å². The maximum Gasteiger partial charge on any atom is 0.228 e. The summed E-state index contributed by atoms with van der Waals surface area (Å²) in [6.45, 7) is 1.76. The van der Waals surface area contributed by atoms with Gasteiger partial charge in [0.25, 0.3) is 0 Å². The molecule has 6 nitrogen and oxygen atoms in total. The van der Waals surface area contributed by atoms with Gasteiger partial charge in [0.05, 0.1) is 17.8 Å². The minimum Gasteiger partial charge on any atom is -0.324 e. The first kappa shape index (κ1) is 12.8. The van der Waals surface area contributed by atoms with Crippen molar-refractivity contribution in [2.75, 3.05) is 18.4 Å². The van der Waals surface area contributed by atoms with Crippen molar-refractivity contribution in [2.24, 2.45) is 5.92 Å². The minimum absolute atomic E-state index is 0.0505. The van der Waals surface area contributed by atoms with Crippen LogP contribution in [0.3, 0.4) is 0 Å². The van der Waals surface area contributed by atoms with Crippen LogP contribution in [0.25, 0.3) is 5.82 Å². The van der Waals surface area contributed by atoms with Gasteiger partial charge in [0.1, 0.15) is 0 Å². The Morgan fingerprint density at radius 2 is 2.40 bits per heavy atom. The minimum atomic E-state index is 0.0505. The lowest BCUT2D eigenvalue weighted by Crippen LogP contribution is -2.37. The number of anilines is 1. The highest BCUT2D eigenvalue weighted by molar-refractivity contribution is 5.92. The molecule has 0 aliphatic carbocycles. The summed E-state index contributed by atoms with van der Waals surface area (Å²) in [5.74, 6) is 0.840. The molecule has 3 rings (SSSR count). The van der Waals surface area contributed by atoms with Crippen molar-refractivity contribution < 1.29 is 4.79 Å². The van der Waals surface area contributed by atoms with Crippen molar-refractivity contribution in [2.45, 2.75) is 12.8 Å². The molecular weight excluding hydrogens is 254 g/mol. The summed E-state index contributed by atoms with van der Waals surface area (Å²) in [5.41, 5.74) is 0.719. The van der Waals surface area contributed by atoms with Crippen LogP contribution in [-0.2, 0) is 4.79 Å². The number of carbonyl (C=O) groups excluding carboxylic acids is 1. The molecule has 0 aromatic carbocycles. The molecule has 0 spiro atoms. The van der Waals surface area contributed by atoms with Crippen LogP contribution >= 0.6 is 0 Å². The fourth-order valence-corrected chi connectivity index (χ4v) is 2.32. The molecule has 104 valence electrons. The lowest BCUT2D eigenvalue weighted by molar-refractivity contribution is -0.120. The molecule has 1 atom stereocenters. The number of rotatable bonds is 3. The molecule has 20 heavy (non-hydrogen) atoms. The van der Waals surface area contributed by atoms with Gasteiger partial charge >= 0.3 is 0 Å². The summed E-state index contributed by atoms with van der Waals surface area (Å²) in [5, 5.41) is 10.3. The predicted molar refractivity (Wildman–Crippen MR) is 75.6 cm³/mol. The number of piperidine rings is 1. The zero-order valence-corrected chi connectivity index (χ0v) is 11.1. The average molecular weight is 271 g/mol. The highest BCUT2D eigenvalue weighted by Crippen LogP contribution is 2.14. The van der Waals surface area contributed by atoms with E-state index in [-0.39, 0.29) is 11.8 Å². The Morgan fingerprint density at radius 3 is 3.05 bits per heavy atom. The van der Waals surface area contributed by atoms with E-state index in [1.165, 1.54) is 0 Å².